The van der Waals surface area contributed by atoms with Crippen molar-refractivity contribution in [2.24, 2.45) is 0 Å². The number of carbonyl (C=O) groups is 1. The van der Waals surface area contributed by atoms with Crippen molar-refractivity contribution in [3.05, 3.63) is 29.6 Å². The van der Waals surface area contributed by atoms with Gasteiger partial charge in [-0.25, -0.2) is 14.8 Å². The van der Waals surface area contributed by atoms with E-state index in [2.05, 4.69) is 20.4 Å². The van der Waals surface area contributed by atoms with Gasteiger partial charge in [-0.1, -0.05) is 0 Å². The molecule has 0 unspecified atom stereocenters. The summed E-state index contributed by atoms with van der Waals surface area (Å²) >= 11 is 0. The van der Waals surface area contributed by atoms with Crippen LogP contribution in [0.15, 0.2) is 18.3 Å². The maximum absolute atomic E-state index is 12.6. The Morgan fingerprint density at radius 2 is 2.03 bits per heavy atom. The van der Waals surface area contributed by atoms with Crippen LogP contribution < -0.4 is 10.2 Å². The van der Waals surface area contributed by atoms with Gasteiger partial charge >= 0.3 is 5.97 Å². The molecular weight excluding hydrogens is 398 g/mol. The van der Waals surface area contributed by atoms with Gasteiger partial charge < -0.3 is 19.7 Å². The second-order valence-corrected chi connectivity index (χ2v) is 6.92. The second kappa shape index (κ2) is 10.2. The van der Waals surface area contributed by atoms with E-state index in [9.17, 15) is 4.79 Å². The summed E-state index contributed by atoms with van der Waals surface area (Å²) in [7, 11) is 1.89. The van der Waals surface area contributed by atoms with Crippen LogP contribution in [0, 0.1) is 6.92 Å². The van der Waals surface area contributed by atoms with Crippen LogP contribution in [0.25, 0.3) is 11.0 Å². The molecule has 0 bridgehead atoms. The lowest BCUT2D eigenvalue weighted by Gasteiger charge is -2.17. The zero-order chi connectivity index (χ0) is 22.4. The number of hydrogen-bond acceptors (Lipinski definition) is 9. The first-order valence-electron chi connectivity index (χ1n) is 10.4. The van der Waals surface area contributed by atoms with Crippen LogP contribution in [-0.2, 0) is 16.0 Å². The van der Waals surface area contributed by atoms with Crippen LogP contribution in [0.2, 0.25) is 0 Å². The standard InChI is InChI=1S/C21H29N7O3/c1-6-27(5)21-24-16-17(20(29)31-8-3)26-28(11-12-30-7-2)18(16)19(25-21)23-15-13-14(4)9-10-22-15/h9-10,13H,6-8,11-12H2,1-5H3,(H,22,23,24,25). The van der Waals surface area contributed by atoms with Gasteiger partial charge in [0.1, 0.15) is 16.9 Å². The number of fused-ring (bicyclic) bond motifs is 1. The van der Waals surface area contributed by atoms with Crippen molar-refractivity contribution in [2.75, 3.05) is 43.6 Å². The smallest absolute Gasteiger partial charge is 0.361 e. The quantitative estimate of drug-likeness (QED) is 0.386. The summed E-state index contributed by atoms with van der Waals surface area (Å²) in [5, 5.41) is 7.79. The fourth-order valence-electron chi connectivity index (χ4n) is 2.99. The Morgan fingerprint density at radius 3 is 2.71 bits per heavy atom. The minimum absolute atomic E-state index is 0.154. The van der Waals surface area contributed by atoms with Crippen molar-refractivity contribution < 1.29 is 14.3 Å². The molecule has 0 saturated carbocycles. The van der Waals surface area contributed by atoms with Gasteiger partial charge in [0, 0.05) is 26.4 Å². The van der Waals surface area contributed by atoms with Gasteiger partial charge in [-0.15, -0.1) is 0 Å². The number of pyridine rings is 1. The van der Waals surface area contributed by atoms with Crippen molar-refractivity contribution in [1.29, 1.82) is 0 Å². The Balaban J connectivity index is 2.20. The summed E-state index contributed by atoms with van der Waals surface area (Å²) in [5.74, 6) is 1.10. The molecule has 0 spiro atoms. The highest BCUT2D eigenvalue weighted by molar-refractivity contribution is 6.03. The zero-order valence-corrected chi connectivity index (χ0v) is 18.7. The van der Waals surface area contributed by atoms with E-state index in [-0.39, 0.29) is 12.3 Å². The Morgan fingerprint density at radius 1 is 1.23 bits per heavy atom. The lowest BCUT2D eigenvalue weighted by Crippen LogP contribution is -2.20. The van der Waals surface area contributed by atoms with E-state index < -0.39 is 5.97 Å². The normalized spacial score (nSPS) is 11.0. The SMILES string of the molecule is CCOCCn1nc(C(=O)OCC)c2nc(N(C)CC)nc(Nc3cc(C)ccn3)c21. The van der Waals surface area contributed by atoms with Crippen molar-refractivity contribution in [2.45, 2.75) is 34.2 Å². The van der Waals surface area contributed by atoms with Crippen molar-refractivity contribution in [3.8, 4) is 0 Å². The molecule has 0 amide bonds. The summed E-state index contributed by atoms with van der Waals surface area (Å²) in [6.07, 6.45) is 1.73. The highest BCUT2D eigenvalue weighted by atomic mass is 16.5. The topological polar surface area (TPSA) is 107 Å². The molecule has 0 radical (unpaired) electrons. The maximum Gasteiger partial charge on any atom is 0.361 e. The van der Waals surface area contributed by atoms with Crippen molar-refractivity contribution in [1.82, 2.24) is 24.7 Å². The molecule has 0 saturated heterocycles. The molecule has 3 aromatic heterocycles. The summed E-state index contributed by atoms with van der Waals surface area (Å²) < 4.78 is 12.4. The van der Waals surface area contributed by atoms with Crippen molar-refractivity contribution >= 4 is 34.6 Å². The molecule has 3 rings (SSSR count). The molecule has 166 valence electrons. The number of nitrogens with one attached hydrogen (secondary N) is 1. The summed E-state index contributed by atoms with van der Waals surface area (Å²) in [6.45, 7) is 10.1. The number of rotatable bonds is 10. The van der Waals surface area contributed by atoms with E-state index in [1.807, 2.05) is 44.9 Å². The maximum atomic E-state index is 12.6. The Hall–Kier alpha value is -3.27. The summed E-state index contributed by atoms with van der Waals surface area (Å²) in [4.78, 5) is 28.3. The number of ether oxygens (including phenoxy) is 2. The van der Waals surface area contributed by atoms with E-state index >= 15 is 0 Å². The fourth-order valence-corrected chi connectivity index (χ4v) is 2.99. The van der Waals surface area contributed by atoms with Gasteiger partial charge in [0.05, 0.1) is 19.8 Å². The van der Waals surface area contributed by atoms with Gasteiger partial charge in [-0.3, -0.25) is 4.68 Å². The van der Waals surface area contributed by atoms with E-state index in [4.69, 9.17) is 14.5 Å². The number of carbonyl (C=O) groups excluding carboxylic acids is 1. The van der Waals surface area contributed by atoms with E-state index in [0.717, 1.165) is 5.56 Å². The predicted octanol–water partition coefficient (Wildman–Crippen LogP) is 2.94. The first-order valence-corrected chi connectivity index (χ1v) is 10.4. The number of esters is 1. The molecule has 31 heavy (non-hydrogen) atoms. The van der Waals surface area contributed by atoms with Gasteiger partial charge in [-0.05, 0) is 45.4 Å². The van der Waals surface area contributed by atoms with Crippen LogP contribution in [0.1, 0.15) is 36.8 Å². The third kappa shape index (κ3) is 5.08. The Labute approximate surface area is 181 Å². The molecule has 0 aliphatic rings. The predicted molar refractivity (Wildman–Crippen MR) is 119 cm³/mol. The Bertz CT molecular complexity index is 1050. The second-order valence-electron chi connectivity index (χ2n) is 6.92. The average molecular weight is 428 g/mol. The number of anilines is 3. The summed E-state index contributed by atoms with van der Waals surface area (Å²) in [6, 6.07) is 3.84. The molecule has 0 atom stereocenters. The van der Waals surface area contributed by atoms with Gasteiger partial charge in [-0.2, -0.15) is 10.1 Å². The zero-order valence-electron chi connectivity index (χ0n) is 18.7. The minimum Gasteiger partial charge on any atom is -0.461 e. The lowest BCUT2D eigenvalue weighted by molar-refractivity contribution is 0.0519. The first-order chi connectivity index (χ1) is 15.0. The van der Waals surface area contributed by atoms with Crippen LogP contribution in [0.3, 0.4) is 0 Å². The highest BCUT2D eigenvalue weighted by Gasteiger charge is 2.25. The van der Waals surface area contributed by atoms with Gasteiger partial charge in [0.25, 0.3) is 0 Å². The van der Waals surface area contributed by atoms with Gasteiger partial charge in [0.15, 0.2) is 11.5 Å². The monoisotopic (exact) mass is 427 g/mol. The average Bonchev–Trinajstić information content (AvgIpc) is 3.12. The number of nitrogens with zero attached hydrogens (tertiary/aromatic N) is 6. The molecule has 10 nitrogen and oxygen atoms in total. The lowest BCUT2D eigenvalue weighted by atomic mass is 10.3. The summed E-state index contributed by atoms with van der Waals surface area (Å²) in [5.41, 5.74) is 2.24. The molecule has 0 fully saturated rings. The number of aromatic nitrogens is 5. The number of hydrogen-bond donors (Lipinski definition) is 1. The number of aryl methyl sites for hydroxylation is 1. The molecule has 0 aromatic carbocycles. The van der Waals surface area contributed by atoms with Gasteiger partial charge in [0.2, 0.25) is 5.95 Å². The molecule has 3 aromatic rings. The van der Waals surface area contributed by atoms with E-state index in [1.54, 1.807) is 17.8 Å². The van der Waals surface area contributed by atoms with Crippen LogP contribution in [-0.4, -0.2) is 64.1 Å². The molecular formula is C21H29N7O3. The van der Waals surface area contributed by atoms with Crippen molar-refractivity contribution in [3.63, 3.8) is 0 Å². The first kappa shape index (κ1) is 22.4. The van der Waals surface area contributed by atoms with Crippen LogP contribution >= 0.6 is 0 Å². The fraction of sp³-hybridized carbons (Fsp3) is 0.476. The van der Waals surface area contributed by atoms with Crippen LogP contribution in [0.4, 0.5) is 17.6 Å². The molecule has 0 aliphatic carbocycles. The highest BCUT2D eigenvalue weighted by Crippen LogP contribution is 2.28. The third-order valence-corrected chi connectivity index (χ3v) is 4.67. The van der Waals surface area contributed by atoms with E-state index in [1.165, 1.54) is 0 Å². The largest absolute Gasteiger partial charge is 0.461 e. The Kier molecular flexibility index (Phi) is 7.35. The molecule has 10 heteroatoms. The molecule has 1 N–H and O–H groups in total. The molecule has 3 heterocycles. The minimum atomic E-state index is -0.522. The third-order valence-electron chi connectivity index (χ3n) is 4.67. The van der Waals surface area contributed by atoms with Crippen LogP contribution in [0.5, 0.6) is 0 Å². The molecule has 0 aliphatic heterocycles. The van der Waals surface area contributed by atoms with E-state index in [0.29, 0.717) is 54.9 Å².